The van der Waals surface area contributed by atoms with Gasteiger partial charge in [0.05, 0.1) is 22.1 Å². The number of nitrogens with zero attached hydrogens (tertiary/aromatic N) is 2. The summed E-state index contributed by atoms with van der Waals surface area (Å²) in [6, 6.07) is 93.9. The van der Waals surface area contributed by atoms with Gasteiger partial charge in [0.1, 0.15) is 0 Å². The smallest absolute Gasteiger partial charge is 0.0547 e. The van der Waals surface area contributed by atoms with Crippen LogP contribution in [-0.4, -0.2) is 9.13 Å². The van der Waals surface area contributed by atoms with Crippen LogP contribution in [0.15, 0.2) is 255 Å². The zero-order valence-electron chi connectivity index (χ0n) is 37.1. The van der Waals surface area contributed by atoms with Crippen molar-refractivity contribution in [2.75, 3.05) is 0 Å². The Morgan fingerprint density at radius 2 is 0.559 bits per heavy atom. The fourth-order valence-corrected chi connectivity index (χ4v) is 11.5. The molecule has 0 saturated carbocycles. The van der Waals surface area contributed by atoms with Gasteiger partial charge in [0.2, 0.25) is 0 Å². The van der Waals surface area contributed by atoms with E-state index in [0.29, 0.717) is 0 Å². The number of fused-ring (bicyclic) bond motifs is 9. The molecule has 0 aliphatic carbocycles. The van der Waals surface area contributed by atoms with Crippen LogP contribution in [0.4, 0.5) is 0 Å². The molecular weight excluding hydrogens is 821 g/mol. The van der Waals surface area contributed by atoms with E-state index in [1.807, 2.05) is 0 Å². The highest BCUT2D eigenvalue weighted by Gasteiger charge is 2.23. The first-order valence-corrected chi connectivity index (χ1v) is 23.5. The third kappa shape index (κ3) is 5.71. The zero-order valence-corrected chi connectivity index (χ0v) is 37.1. The Hall–Kier alpha value is -8.98. The Kier molecular flexibility index (Phi) is 8.62. The van der Waals surface area contributed by atoms with Crippen LogP contribution in [0.1, 0.15) is 0 Å². The molecule has 2 heterocycles. The molecule has 2 heteroatoms. The Balaban J connectivity index is 1.12. The topological polar surface area (TPSA) is 9.86 Å². The zero-order chi connectivity index (χ0) is 44.7. The molecule has 0 unspecified atom stereocenters. The van der Waals surface area contributed by atoms with Crippen LogP contribution in [-0.2, 0) is 0 Å². The predicted octanol–water partition coefficient (Wildman–Crippen LogP) is 18.0. The molecule has 0 aliphatic heterocycles. The lowest BCUT2D eigenvalue weighted by Crippen LogP contribution is -1.94. The SMILES string of the molecule is c1ccc(-c2cccc3c(-c4c5cccc(-c6cccc7c6c6ccccc6n7-c6ccccc6)c5cc5c(-c6cccc7c6c6ccccc6n7-c6ccccc6)cccc45)cccc23)cc1. The van der Waals surface area contributed by atoms with Gasteiger partial charge in [-0.1, -0.05) is 200 Å². The lowest BCUT2D eigenvalue weighted by atomic mass is 9.83. The third-order valence-electron chi connectivity index (χ3n) is 14.3. The van der Waals surface area contributed by atoms with Gasteiger partial charge < -0.3 is 9.13 Å². The van der Waals surface area contributed by atoms with E-state index in [0.717, 1.165) is 11.4 Å². The molecule has 2 nitrogen and oxygen atoms in total. The van der Waals surface area contributed by atoms with Crippen molar-refractivity contribution in [3.63, 3.8) is 0 Å². The minimum absolute atomic E-state index is 1.15. The molecule has 0 fully saturated rings. The van der Waals surface area contributed by atoms with Crippen molar-refractivity contribution in [2.24, 2.45) is 0 Å². The van der Waals surface area contributed by atoms with Gasteiger partial charge in [-0.05, 0) is 131 Å². The Labute approximate surface area is 393 Å². The summed E-state index contributed by atoms with van der Waals surface area (Å²) in [6.45, 7) is 0. The summed E-state index contributed by atoms with van der Waals surface area (Å²) in [6.07, 6.45) is 0. The van der Waals surface area contributed by atoms with E-state index in [4.69, 9.17) is 0 Å². The summed E-state index contributed by atoms with van der Waals surface area (Å²) in [5.74, 6) is 0. The summed E-state index contributed by atoms with van der Waals surface area (Å²) >= 11 is 0. The Morgan fingerprint density at radius 1 is 0.206 bits per heavy atom. The first-order chi connectivity index (χ1) is 33.8. The number of rotatable bonds is 6. The molecule has 14 rings (SSSR count). The summed E-state index contributed by atoms with van der Waals surface area (Å²) in [5, 5.41) is 12.4. The maximum absolute atomic E-state index is 2.50. The largest absolute Gasteiger partial charge is 0.309 e. The second kappa shape index (κ2) is 15.3. The minimum Gasteiger partial charge on any atom is -0.309 e. The number of hydrogen-bond acceptors (Lipinski definition) is 0. The van der Waals surface area contributed by atoms with Gasteiger partial charge in [-0.3, -0.25) is 0 Å². The van der Waals surface area contributed by atoms with Gasteiger partial charge in [-0.2, -0.15) is 0 Å². The van der Waals surface area contributed by atoms with Crippen LogP contribution >= 0.6 is 0 Å². The number of hydrogen-bond donors (Lipinski definition) is 0. The quantitative estimate of drug-likeness (QED) is 0.147. The van der Waals surface area contributed by atoms with Crippen molar-refractivity contribution in [1.82, 2.24) is 9.13 Å². The third-order valence-corrected chi connectivity index (χ3v) is 14.3. The van der Waals surface area contributed by atoms with E-state index in [2.05, 4.69) is 264 Å². The van der Waals surface area contributed by atoms with Crippen molar-refractivity contribution >= 4 is 75.9 Å². The average Bonchev–Trinajstić information content (AvgIpc) is 3.94. The highest BCUT2D eigenvalue weighted by atomic mass is 15.0. The van der Waals surface area contributed by atoms with Crippen molar-refractivity contribution in [2.45, 2.75) is 0 Å². The lowest BCUT2D eigenvalue weighted by Gasteiger charge is -2.20. The van der Waals surface area contributed by atoms with Crippen molar-refractivity contribution in [3.8, 4) is 55.9 Å². The molecule has 0 atom stereocenters. The number of benzene rings is 12. The molecule has 2 aromatic heterocycles. The summed E-state index contributed by atoms with van der Waals surface area (Å²) in [7, 11) is 0. The molecule has 12 aromatic carbocycles. The maximum atomic E-state index is 2.50. The Morgan fingerprint density at radius 3 is 1.07 bits per heavy atom. The second-order valence-corrected chi connectivity index (χ2v) is 17.9. The van der Waals surface area contributed by atoms with E-state index in [1.54, 1.807) is 0 Å². The normalized spacial score (nSPS) is 11.8. The van der Waals surface area contributed by atoms with E-state index in [1.165, 1.54) is 120 Å². The number of para-hydroxylation sites is 4. The molecule has 316 valence electrons. The molecule has 0 bridgehead atoms. The van der Waals surface area contributed by atoms with Crippen LogP contribution < -0.4 is 0 Å². The van der Waals surface area contributed by atoms with Crippen LogP contribution in [0.25, 0.3) is 132 Å². The monoisotopic (exact) mass is 862 g/mol. The predicted molar refractivity (Wildman–Crippen MR) is 289 cm³/mol. The van der Waals surface area contributed by atoms with Gasteiger partial charge >= 0.3 is 0 Å². The van der Waals surface area contributed by atoms with Crippen LogP contribution in [0.2, 0.25) is 0 Å². The van der Waals surface area contributed by atoms with Gasteiger partial charge in [0.25, 0.3) is 0 Å². The lowest BCUT2D eigenvalue weighted by molar-refractivity contribution is 1.18. The summed E-state index contributed by atoms with van der Waals surface area (Å²) in [4.78, 5) is 0. The van der Waals surface area contributed by atoms with Crippen LogP contribution in [0.3, 0.4) is 0 Å². The first-order valence-electron chi connectivity index (χ1n) is 23.5. The molecule has 0 radical (unpaired) electrons. The average molecular weight is 863 g/mol. The van der Waals surface area contributed by atoms with Crippen molar-refractivity contribution in [1.29, 1.82) is 0 Å². The highest BCUT2D eigenvalue weighted by Crippen LogP contribution is 2.49. The molecule has 0 saturated heterocycles. The van der Waals surface area contributed by atoms with Crippen LogP contribution in [0.5, 0.6) is 0 Å². The molecule has 68 heavy (non-hydrogen) atoms. The minimum atomic E-state index is 1.15. The summed E-state index contributed by atoms with van der Waals surface area (Å²) < 4.78 is 4.84. The van der Waals surface area contributed by atoms with Crippen molar-refractivity contribution in [3.05, 3.63) is 255 Å². The molecule has 0 aliphatic rings. The van der Waals surface area contributed by atoms with Gasteiger partial charge in [0, 0.05) is 32.9 Å². The van der Waals surface area contributed by atoms with Gasteiger partial charge in [-0.25, -0.2) is 0 Å². The molecule has 0 amide bonds. The Bertz CT molecular complexity index is 4080. The molecule has 0 spiro atoms. The molecular formula is C66H42N2. The molecule has 14 aromatic rings. The first kappa shape index (κ1) is 38.3. The fraction of sp³-hybridized carbons (Fsp3) is 0. The van der Waals surface area contributed by atoms with E-state index >= 15 is 0 Å². The standard InChI is InChI=1S/C66H42N2/c1-4-20-43(21-5-1)46-28-14-30-48-47(46)29-15-33-51(48)64-54-34-16-31-49(52-36-18-40-62-65(52)56-26-10-12-38-60(56)67(62)44-22-6-2-7-23-44)58(54)42-59-50(32-17-35-55(59)64)53-37-19-41-63-66(53)57-27-11-13-39-61(57)68(63)45-24-8-3-9-25-45/h1-42H. The van der Waals surface area contributed by atoms with E-state index in [9.17, 15) is 0 Å². The van der Waals surface area contributed by atoms with Crippen molar-refractivity contribution < 1.29 is 0 Å². The maximum Gasteiger partial charge on any atom is 0.0547 e. The fourth-order valence-electron chi connectivity index (χ4n) is 11.5. The second-order valence-electron chi connectivity index (χ2n) is 17.9. The van der Waals surface area contributed by atoms with Crippen LogP contribution in [0, 0.1) is 0 Å². The van der Waals surface area contributed by atoms with E-state index in [-0.39, 0.29) is 0 Å². The number of aromatic nitrogens is 2. The highest BCUT2D eigenvalue weighted by molar-refractivity contribution is 6.26. The van der Waals surface area contributed by atoms with Gasteiger partial charge in [-0.15, -0.1) is 0 Å². The van der Waals surface area contributed by atoms with Gasteiger partial charge in [0.15, 0.2) is 0 Å². The van der Waals surface area contributed by atoms with E-state index < -0.39 is 0 Å². The summed E-state index contributed by atoms with van der Waals surface area (Å²) in [5.41, 5.74) is 16.9. The molecule has 0 N–H and O–H groups in total.